The molecule has 2 fully saturated rings. The van der Waals surface area contributed by atoms with Crippen molar-refractivity contribution in [2.24, 2.45) is 5.92 Å². The van der Waals surface area contributed by atoms with Gasteiger partial charge in [-0.05, 0) is 50.3 Å². The maximum Gasteiger partial charge on any atom is 0.222 e. The summed E-state index contributed by atoms with van der Waals surface area (Å²) >= 11 is 6.29. The molecule has 1 atom stereocenters. The van der Waals surface area contributed by atoms with Gasteiger partial charge in [-0.1, -0.05) is 17.7 Å². The van der Waals surface area contributed by atoms with Crippen LogP contribution in [0.15, 0.2) is 12.1 Å². The van der Waals surface area contributed by atoms with Gasteiger partial charge in [-0.15, -0.1) is 0 Å². The van der Waals surface area contributed by atoms with Crippen molar-refractivity contribution in [3.63, 3.8) is 0 Å². The number of piperidine rings is 1. The van der Waals surface area contributed by atoms with Crippen molar-refractivity contribution in [1.82, 2.24) is 9.80 Å². The Morgan fingerprint density at radius 1 is 1.30 bits per heavy atom. The SMILES string of the molecule is Cc1ccc(F)c(CN2CCC[C@@H](CN3CCCC3=O)C2)c1Cl. The highest BCUT2D eigenvalue weighted by Crippen LogP contribution is 2.27. The number of aryl methyl sites for hydroxylation is 1. The summed E-state index contributed by atoms with van der Waals surface area (Å²) in [6.45, 7) is 6.08. The average molecular weight is 339 g/mol. The first kappa shape index (κ1) is 16.7. The van der Waals surface area contributed by atoms with Gasteiger partial charge in [0.25, 0.3) is 0 Å². The van der Waals surface area contributed by atoms with Crippen LogP contribution in [0.4, 0.5) is 4.39 Å². The van der Waals surface area contributed by atoms with Gasteiger partial charge >= 0.3 is 0 Å². The smallest absolute Gasteiger partial charge is 0.222 e. The molecule has 2 saturated heterocycles. The van der Waals surface area contributed by atoms with E-state index in [2.05, 4.69) is 4.90 Å². The minimum absolute atomic E-state index is 0.225. The lowest BCUT2D eigenvalue weighted by Gasteiger charge is -2.35. The Balaban J connectivity index is 1.63. The van der Waals surface area contributed by atoms with E-state index in [0.29, 0.717) is 29.5 Å². The Hall–Kier alpha value is -1.13. The molecule has 1 aromatic carbocycles. The number of nitrogens with zero attached hydrogens (tertiary/aromatic N) is 2. The van der Waals surface area contributed by atoms with E-state index in [1.54, 1.807) is 6.07 Å². The van der Waals surface area contributed by atoms with Crippen molar-refractivity contribution in [3.05, 3.63) is 34.1 Å². The predicted octanol–water partition coefficient (Wildman–Crippen LogP) is 3.62. The van der Waals surface area contributed by atoms with Gasteiger partial charge < -0.3 is 4.90 Å². The second-order valence-electron chi connectivity index (χ2n) is 6.84. The number of rotatable bonds is 4. The van der Waals surface area contributed by atoms with Crippen LogP contribution in [0.1, 0.15) is 36.8 Å². The van der Waals surface area contributed by atoms with Crippen LogP contribution in [0, 0.1) is 18.7 Å². The van der Waals surface area contributed by atoms with Gasteiger partial charge in [0.05, 0.1) is 5.02 Å². The summed E-state index contributed by atoms with van der Waals surface area (Å²) in [5, 5.41) is 0.543. The molecule has 1 aromatic rings. The van der Waals surface area contributed by atoms with E-state index in [0.717, 1.165) is 51.0 Å². The first-order chi connectivity index (χ1) is 11.0. The molecule has 3 nitrogen and oxygen atoms in total. The van der Waals surface area contributed by atoms with E-state index in [-0.39, 0.29) is 11.7 Å². The molecule has 3 rings (SSSR count). The van der Waals surface area contributed by atoms with Crippen LogP contribution in [0.2, 0.25) is 5.02 Å². The fourth-order valence-corrected chi connectivity index (χ4v) is 3.95. The Morgan fingerprint density at radius 2 is 2.13 bits per heavy atom. The maximum absolute atomic E-state index is 14.1. The molecule has 0 spiro atoms. The van der Waals surface area contributed by atoms with Crippen molar-refractivity contribution >= 4 is 17.5 Å². The third kappa shape index (κ3) is 3.86. The first-order valence-electron chi connectivity index (χ1n) is 8.48. The monoisotopic (exact) mass is 338 g/mol. The molecule has 0 radical (unpaired) electrons. The molecule has 126 valence electrons. The zero-order valence-electron chi connectivity index (χ0n) is 13.7. The van der Waals surface area contributed by atoms with Gasteiger partial charge in [0, 0.05) is 38.2 Å². The molecular weight excluding hydrogens is 315 g/mol. The summed E-state index contributed by atoms with van der Waals surface area (Å²) < 4.78 is 14.1. The van der Waals surface area contributed by atoms with E-state index in [4.69, 9.17) is 11.6 Å². The summed E-state index contributed by atoms with van der Waals surface area (Å²) in [5.74, 6) is 0.546. The van der Waals surface area contributed by atoms with E-state index >= 15 is 0 Å². The Labute approximate surface area is 142 Å². The number of likely N-dealkylation sites (tertiary alicyclic amines) is 2. The molecule has 0 aromatic heterocycles. The van der Waals surface area contributed by atoms with Crippen molar-refractivity contribution in [1.29, 1.82) is 0 Å². The molecular formula is C18H24ClFN2O. The second kappa shape index (κ2) is 7.18. The van der Waals surface area contributed by atoms with Gasteiger partial charge in [0.15, 0.2) is 0 Å². The van der Waals surface area contributed by atoms with Crippen molar-refractivity contribution < 1.29 is 9.18 Å². The number of hydrogen-bond donors (Lipinski definition) is 0. The highest BCUT2D eigenvalue weighted by atomic mass is 35.5. The third-order valence-corrected chi connectivity index (χ3v) is 5.54. The number of halogens is 2. The average Bonchev–Trinajstić information content (AvgIpc) is 2.93. The van der Waals surface area contributed by atoms with E-state index in [1.807, 2.05) is 11.8 Å². The number of carbonyl (C=O) groups excluding carboxylic acids is 1. The van der Waals surface area contributed by atoms with Crippen LogP contribution < -0.4 is 0 Å². The third-order valence-electron chi connectivity index (χ3n) is 5.01. The molecule has 5 heteroatoms. The molecule has 0 unspecified atom stereocenters. The molecule has 0 N–H and O–H groups in total. The summed E-state index contributed by atoms with van der Waals surface area (Å²) in [6, 6.07) is 3.22. The quantitative estimate of drug-likeness (QED) is 0.837. The molecule has 2 aliphatic rings. The number of amides is 1. The maximum atomic E-state index is 14.1. The summed E-state index contributed by atoms with van der Waals surface area (Å²) in [4.78, 5) is 16.1. The van der Waals surface area contributed by atoms with Gasteiger partial charge in [0.1, 0.15) is 5.82 Å². The first-order valence-corrected chi connectivity index (χ1v) is 8.86. The number of carbonyl (C=O) groups is 1. The largest absolute Gasteiger partial charge is 0.342 e. The molecule has 2 heterocycles. The zero-order chi connectivity index (χ0) is 16.4. The molecule has 0 saturated carbocycles. The fourth-order valence-electron chi connectivity index (χ4n) is 3.74. The van der Waals surface area contributed by atoms with Crippen LogP contribution in [0.5, 0.6) is 0 Å². The van der Waals surface area contributed by atoms with Crippen LogP contribution in [-0.4, -0.2) is 41.9 Å². The van der Waals surface area contributed by atoms with E-state index in [1.165, 1.54) is 6.07 Å². The predicted molar refractivity (Wildman–Crippen MR) is 90.0 cm³/mol. The van der Waals surface area contributed by atoms with E-state index < -0.39 is 0 Å². The molecule has 0 bridgehead atoms. The number of hydrogen-bond acceptors (Lipinski definition) is 2. The minimum Gasteiger partial charge on any atom is -0.342 e. The van der Waals surface area contributed by atoms with Crippen LogP contribution in [0.25, 0.3) is 0 Å². The number of benzene rings is 1. The van der Waals surface area contributed by atoms with E-state index in [9.17, 15) is 9.18 Å². The van der Waals surface area contributed by atoms with Gasteiger partial charge in [-0.25, -0.2) is 4.39 Å². The molecule has 2 aliphatic heterocycles. The van der Waals surface area contributed by atoms with Crippen LogP contribution in [-0.2, 0) is 11.3 Å². The van der Waals surface area contributed by atoms with Crippen LogP contribution in [0.3, 0.4) is 0 Å². The Bertz CT molecular complexity index is 593. The standard InChI is InChI=1S/C18H24ClFN2O/c1-13-6-7-16(20)15(18(13)19)12-21-8-2-4-14(10-21)11-22-9-3-5-17(22)23/h6-7,14H,2-5,8-12H2,1H3/t14-/m1/s1. The minimum atomic E-state index is -0.225. The van der Waals surface area contributed by atoms with Crippen molar-refractivity contribution in [2.75, 3.05) is 26.2 Å². The van der Waals surface area contributed by atoms with Crippen molar-refractivity contribution in [3.8, 4) is 0 Å². The second-order valence-corrected chi connectivity index (χ2v) is 7.22. The topological polar surface area (TPSA) is 23.6 Å². The summed E-state index contributed by atoms with van der Waals surface area (Å²) in [6.07, 6.45) is 3.92. The van der Waals surface area contributed by atoms with Gasteiger partial charge in [-0.2, -0.15) is 0 Å². The highest BCUT2D eigenvalue weighted by molar-refractivity contribution is 6.32. The summed E-state index contributed by atoms with van der Waals surface area (Å²) in [5.41, 5.74) is 1.52. The lowest BCUT2D eigenvalue weighted by Crippen LogP contribution is -2.41. The molecule has 1 amide bonds. The highest BCUT2D eigenvalue weighted by Gasteiger charge is 2.27. The summed E-state index contributed by atoms with van der Waals surface area (Å²) in [7, 11) is 0. The normalized spacial score (nSPS) is 22.8. The molecule has 23 heavy (non-hydrogen) atoms. The lowest BCUT2D eigenvalue weighted by molar-refractivity contribution is -0.128. The zero-order valence-corrected chi connectivity index (χ0v) is 14.4. The molecule has 0 aliphatic carbocycles. The fraction of sp³-hybridized carbons (Fsp3) is 0.611. The lowest BCUT2D eigenvalue weighted by atomic mass is 9.96. The Kier molecular flexibility index (Phi) is 5.22. The van der Waals surface area contributed by atoms with Crippen molar-refractivity contribution in [2.45, 2.75) is 39.2 Å². The van der Waals surface area contributed by atoms with Crippen LogP contribution >= 0.6 is 11.6 Å². The van der Waals surface area contributed by atoms with Gasteiger partial charge in [-0.3, -0.25) is 9.69 Å². The van der Waals surface area contributed by atoms with Gasteiger partial charge in [0.2, 0.25) is 5.91 Å². The Morgan fingerprint density at radius 3 is 2.87 bits per heavy atom.